The van der Waals surface area contributed by atoms with Crippen LogP contribution in [-0.2, 0) is 0 Å². The lowest BCUT2D eigenvalue weighted by molar-refractivity contribution is 0.669. The molecule has 0 saturated carbocycles. The molecule has 55 heavy (non-hydrogen) atoms. The molecular formula is C39H34B11N3OS. The highest BCUT2D eigenvalue weighted by Crippen LogP contribution is 2.36. The molecule has 0 amide bonds. The number of rotatable bonds is 4. The van der Waals surface area contributed by atoms with E-state index in [-0.39, 0.29) is 0 Å². The smallest absolute Gasteiger partial charge is 0.164 e. The van der Waals surface area contributed by atoms with Crippen molar-refractivity contribution in [2.24, 2.45) is 0 Å². The number of hydrogen-bond acceptors (Lipinski definition) is 5. The molecule has 0 radical (unpaired) electrons. The van der Waals surface area contributed by atoms with Crippen LogP contribution >= 0.6 is 11.3 Å². The highest BCUT2D eigenvalue weighted by atomic mass is 32.1. The molecule has 6 aromatic carbocycles. The fourth-order valence-corrected chi connectivity index (χ4v) is 10.4. The van der Waals surface area contributed by atoms with Gasteiger partial charge in [0.15, 0.2) is 17.5 Å². The monoisotopic (exact) mass is 713 g/mol. The first-order chi connectivity index (χ1) is 26.4. The van der Waals surface area contributed by atoms with Gasteiger partial charge in [-0.1, -0.05) is 98.3 Å². The van der Waals surface area contributed by atoms with Gasteiger partial charge >= 0.3 is 0 Å². The minimum absolute atomic E-state index is 0.623. The molecule has 0 saturated heterocycles. The Morgan fingerprint density at radius 3 is 1.58 bits per heavy atom. The quantitative estimate of drug-likeness (QED) is 0.171. The standard InChI is InChI=1S/C39H34B11N3OS/c40-24-19(20-26(42)31(47)27(43)21-22-28(44)32(48)33(49)34(50)36(22)55-35(20)21)25(41)30(46)23(29(24)45)39-52-37(13-6-2-1-3-7-13)51-38(53-39)14-10-11-16-15-8-4-5-9-17(15)54-18(16)12-14/h1-12H,40-50H2. The zero-order valence-electron chi connectivity index (χ0n) is 33.6. The van der Waals surface area contributed by atoms with Gasteiger partial charge in [-0.3, -0.25) is 0 Å². The van der Waals surface area contributed by atoms with Crippen LogP contribution in [0.4, 0.5) is 0 Å². The maximum absolute atomic E-state index is 6.30. The molecule has 250 valence electrons. The molecule has 0 atom stereocenters. The largest absolute Gasteiger partial charge is 0.456 e. The van der Waals surface area contributed by atoms with E-state index in [0.717, 1.165) is 38.6 Å². The second kappa shape index (κ2) is 13.1. The Bertz CT molecular complexity index is 3100. The average Bonchev–Trinajstić information content (AvgIpc) is 3.78. The number of para-hydroxylation sites is 1. The van der Waals surface area contributed by atoms with Crippen molar-refractivity contribution < 1.29 is 4.42 Å². The van der Waals surface area contributed by atoms with Gasteiger partial charge in [0.05, 0.1) is 0 Å². The summed E-state index contributed by atoms with van der Waals surface area (Å²) in [5.41, 5.74) is 21.9. The van der Waals surface area contributed by atoms with Crippen LogP contribution in [0.1, 0.15) is 0 Å². The molecule has 16 heteroatoms. The Balaban J connectivity index is 1.30. The predicted molar refractivity (Wildman–Crippen MR) is 272 cm³/mol. The predicted octanol–water partition coefficient (Wildman–Crippen LogP) is -8.35. The van der Waals surface area contributed by atoms with Crippen LogP contribution in [0.25, 0.3) is 87.4 Å². The van der Waals surface area contributed by atoms with E-state index in [0.29, 0.717) is 17.5 Å². The summed E-state index contributed by atoms with van der Waals surface area (Å²) in [4.78, 5) is 15.6. The van der Waals surface area contributed by atoms with Crippen LogP contribution in [0.3, 0.4) is 0 Å². The van der Waals surface area contributed by atoms with Gasteiger partial charge in [-0.15, -0.1) is 27.7 Å². The van der Waals surface area contributed by atoms with Crippen LogP contribution in [0.5, 0.6) is 0 Å². The number of benzene rings is 6. The number of thiophene rings is 1. The Kier molecular flexibility index (Phi) is 8.51. The molecule has 0 aliphatic rings. The maximum Gasteiger partial charge on any atom is 0.164 e. The average molecular weight is 712 g/mol. The number of nitrogens with zero attached hydrogens (tertiary/aromatic N) is 3. The first-order valence-electron chi connectivity index (χ1n) is 19.1. The van der Waals surface area contributed by atoms with Crippen molar-refractivity contribution in [1.82, 2.24) is 15.0 Å². The second-order valence-corrected chi connectivity index (χ2v) is 16.5. The molecule has 0 spiro atoms. The number of fused-ring (bicyclic) bond motifs is 6. The lowest BCUT2D eigenvalue weighted by Gasteiger charge is -2.25. The Morgan fingerprint density at radius 1 is 0.382 bits per heavy atom. The summed E-state index contributed by atoms with van der Waals surface area (Å²) >= 11 is 1.97. The fourth-order valence-electron chi connectivity index (χ4n) is 8.86. The van der Waals surface area contributed by atoms with Crippen molar-refractivity contribution in [2.75, 3.05) is 0 Å². The first-order valence-corrected chi connectivity index (χ1v) is 20.0. The van der Waals surface area contributed by atoms with Gasteiger partial charge in [0.2, 0.25) is 0 Å². The minimum atomic E-state index is 0.623. The second-order valence-electron chi connectivity index (χ2n) is 15.5. The van der Waals surface area contributed by atoms with Crippen LogP contribution in [0.15, 0.2) is 77.2 Å². The highest BCUT2D eigenvalue weighted by molar-refractivity contribution is 7.28. The first kappa shape index (κ1) is 35.7. The van der Waals surface area contributed by atoms with Gasteiger partial charge in [0, 0.05) is 36.9 Å². The summed E-state index contributed by atoms with van der Waals surface area (Å²) in [6.07, 6.45) is 0. The molecule has 9 aromatic rings. The summed E-state index contributed by atoms with van der Waals surface area (Å²) in [5, 5.41) is 5.02. The molecule has 0 unspecified atom stereocenters. The lowest BCUT2D eigenvalue weighted by atomic mass is 9.60. The Morgan fingerprint density at radius 2 is 0.891 bits per heavy atom. The molecule has 3 heterocycles. The van der Waals surface area contributed by atoms with Gasteiger partial charge < -0.3 is 4.42 Å². The number of furan rings is 1. The summed E-state index contributed by atoms with van der Waals surface area (Å²) in [6, 6.07) is 24.7. The number of hydrogen-bond donors (Lipinski definition) is 0. The minimum Gasteiger partial charge on any atom is -0.456 e. The van der Waals surface area contributed by atoms with Gasteiger partial charge in [0.1, 0.15) is 97.5 Å². The molecule has 0 aliphatic heterocycles. The summed E-state index contributed by atoms with van der Waals surface area (Å²) in [7, 11) is 25.2. The van der Waals surface area contributed by atoms with Crippen LogP contribution in [-0.4, -0.2) is 101 Å². The fraction of sp³-hybridized carbons (Fsp3) is 0. The maximum atomic E-state index is 6.30. The van der Waals surface area contributed by atoms with E-state index in [1.807, 2.05) is 47.7 Å². The van der Waals surface area contributed by atoms with Crippen molar-refractivity contribution in [1.29, 1.82) is 0 Å². The van der Waals surface area contributed by atoms with E-state index in [1.54, 1.807) is 0 Å². The molecule has 9 rings (SSSR count). The third kappa shape index (κ3) is 5.31. The molecule has 0 fully saturated rings. The van der Waals surface area contributed by atoms with Gasteiger partial charge in [-0.05, 0) is 40.1 Å². The van der Waals surface area contributed by atoms with Gasteiger partial charge in [0.25, 0.3) is 0 Å². The zero-order valence-corrected chi connectivity index (χ0v) is 34.4. The van der Waals surface area contributed by atoms with E-state index in [2.05, 4.69) is 123 Å². The van der Waals surface area contributed by atoms with E-state index in [9.17, 15) is 0 Å². The molecule has 0 N–H and O–H groups in total. The van der Waals surface area contributed by atoms with Crippen molar-refractivity contribution in [2.45, 2.75) is 0 Å². The normalized spacial score (nSPS) is 11.7. The zero-order chi connectivity index (χ0) is 38.6. The highest BCUT2D eigenvalue weighted by Gasteiger charge is 2.26. The SMILES string of the molecule is Bc1c(B)c(-c2c(B)c(B)c(B)c3c2sc2c(B)c(B)c(B)c(B)c23)c(B)c(B)c1-c1nc(-c2ccccc2)nc(-c2ccc3c(c2)oc2ccccc23)n1. The van der Waals surface area contributed by atoms with Crippen molar-refractivity contribution in [3.63, 3.8) is 0 Å². The van der Waals surface area contributed by atoms with Crippen molar-refractivity contribution >= 4 is 200 Å². The van der Waals surface area contributed by atoms with Crippen LogP contribution in [0.2, 0.25) is 0 Å². The molecule has 3 aromatic heterocycles. The van der Waals surface area contributed by atoms with E-state index in [4.69, 9.17) is 19.4 Å². The van der Waals surface area contributed by atoms with E-state index >= 15 is 0 Å². The summed E-state index contributed by atoms with van der Waals surface area (Å²) < 4.78 is 9.10. The molecule has 0 aliphatic carbocycles. The van der Waals surface area contributed by atoms with Crippen LogP contribution < -0.4 is 60.1 Å². The third-order valence-corrected chi connectivity index (χ3v) is 14.1. The van der Waals surface area contributed by atoms with Crippen molar-refractivity contribution in [3.05, 3.63) is 72.8 Å². The van der Waals surface area contributed by atoms with Crippen LogP contribution in [0, 0.1) is 0 Å². The molecule has 4 nitrogen and oxygen atoms in total. The topological polar surface area (TPSA) is 51.8 Å². The van der Waals surface area contributed by atoms with Crippen molar-refractivity contribution in [3.8, 4) is 45.3 Å². The van der Waals surface area contributed by atoms with E-state index < -0.39 is 0 Å². The Hall–Kier alpha value is -4.94. The Labute approximate surface area is 335 Å². The number of aromatic nitrogens is 3. The summed E-state index contributed by atoms with van der Waals surface area (Å²) in [6.45, 7) is 0. The molecule has 0 bridgehead atoms. The summed E-state index contributed by atoms with van der Waals surface area (Å²) in [5.74, 6) is 1.96. The van der Waals surface area contributed by atoms with Gasteiger partial charge in [-0.25, -0.2) is 15.0 Å². The third-order valence-electron chi connectivity index (χ3n) is 12.8. The van der Waals surface area contributed by atoms with Gasteiger partial charge in [-0.2, -0.15) is 0 Å². The van der Waals surface area contributed by atoms with E-state index in [1.165, 1.54) is 91.4 Å². The lowest BCUT2D eigenvalue weighted by Crippen LogP contribution is -2.48. The molecular weight excluding hydrogens is 677 g/mol.